The van der Waals surface area contributed by atoms with Gasteiger partial charge in [-0.3, -0.25) is 4.99 Å². The molecule has 25 heavy (non-hydrogen) atoms. The van der Waals surface area contributed by atoms with E-state index in [2.05, 4.69) is 15.0 Å². The van der Waals surface area contributed by atoms with Gasteiger partial charge in [0.05, 0.1) is 0 Å². The first-order chi connectivity index (χ1) is 11.8. The number of nitrogens with zero attached hydrogens (tertiary/aromatic N) is 1. The first-order valence-electron chi connectivity index (χ1n) is 8.24. The molecule has 1 aliphatic rings. The average molecular weight is 359 g/mol. The largest absolute Gasteiger partial charge is 0.573 e. The minimum atomic E-state index is -4.70. The molecule has 3 N–H and O–H groups in total. The molecule has 2 rings (SSSR count). The number of halogens is 3. The number of benzene rings is 1. The van der Waals surface area contributed by atoms with Crippen LogP contribution in [0.3, 0.4) is 0 Å². The standard InChI is InChI=1S/C17H24F3N3O2/c1-24-11-10-16(8-2-3-9-16)12-22-15(21)23-13-4-6-14(7-5-13)25-17(18,19)20/h4-7H,2-3,8-12H2,1H3,(H3,21,22,23). The molecular formula is C17H24F3N3O2. The third-order valence-electron chi connectivity index (χ3n) is 4.45. The summed E-state index contributed by atoms with van der Waals surface area (Å²) in [5.74, 6) is -0.0359. The van der Waals surface area contributed by atoms with Crippen LogP contribution in [0.1, 0.15) is 32.1 Å². The maximum absolute atomic E-state index is 12.1. The molecule has 0 atom stereocenters. The zero-order chi connectivity index (χ0) is 18.3. The molecule has 0 aromatic heterocycles. The summed E-state index contributed by atoms with van der Waals surface area (Å²) in [6.07, 6.45) is 0.838. The Labute approximate surface area is 145 Å². The minimum Gasteiger partial charge on any atom is -0.406 e. The van der Waals surface area contributed by atoms with E-state index in [-0.39, 0.29) is 17.1 Å². The summed E-state index contributed by atoms with van der Waals surface area (Å²) in [5.41, 5.74) is 6.59. The molecule has 8 heteroatoms. The lowest BCUT2D eigenvalue weighted by Gasteiger charge is -2.26. The van der Waals surface area contributed by atoms with E-state index in [0.29, 0.717) is 18.8 Å². The van der Waals surface area contributed by atoms with Gasteiger partial charge in [-0.15, -0.1) is 13.2 Å². The third kappa shape index (κ3) is 6.45. The van der Waals surface area contributed by atoms with Gasteiger partial charge in [0.25, 0.3) is 0 Å². The molecule has 1 saturated carbocycles. The monoisotopic (exact) mass is 359 g/mol. The Morgan fingerprint density at radius 1 is 1.24 bits per heavy atom. The molecule has 0 radical (unpaired) electrons. The highest BCUT2D eigenvalue weighted by Crippen LogP contribution is 2.41. The predicted octanol–water partition coefficient (Wildman–Crippen LogP) is 3.91. The third-order valence-corrected chi connectivity index (χ3v) is 4.45. The van der Waals surface area contributed by atoms with E-state index in [4.69, 9.17) is 10.5 Å². The molecule has 140 valence electrons. The molecule has 1 fully saturated rings. The quantitative estimate of drug-likeness (QED) is 0.572. The summed E-state index contributed by atoms with van der Waals surface area (Å²) in [6, 6.07) is 5.36. The van der Waals surface area contributed by atoms with Crippen LogP contribution in [0.5, 0.6) is 5.75 Å². The number of hydrogen-bond donors (Lipinski definition) is 2. The second kappa shape index (κ2) is 8.42. The molecule has 5 nitrogen and oxygen atoms in total. The van der Waals surface area contributed by atoms with Gasteiger partial charge in [-0.25, -0.2) is 0 Å². The van der Waals surface area contributed by atoms with E-state index in [1.807, 2.05) is 0 Å². The van der Waals surface area contributed by atoms with Gasteiger partial charge in [-0.05, 0) is 48.9 Å². The van der Waals surface area contributed by atoms with Crippen molar-refractivity contribution in [3.05, 3.63) is 24.3 Å². The van der Waals surface area contributed by atoms with E-state index >= 15 is 0 Å². The number of anilines is 1. The van der Waals surface area contributed by atoms with Crippen LogP contribution >= 0.6 is 0 Å². The van der Waals surface area contributed by atoms with Crippen molar-refractivity contribution in [2.75, 3.05) is 25.6 Å². The minimum absolute atomic E-state index is 0.132. The number of alkyl halides is 3. The van der Waals surface area contributed by atoms with Gasteiger partial charge in [0.1, 0.15) is 5.75 Å². The molecule has 0 saturated heterocycles. The number of guanidine groups is 1. The SMILES string of the molecule is COCCC1(CN=C(N)Nc2ccc(OC(F)(F)F)cc2)CCCC1. The number of aliphatic imine (C=N–C) groups is 1. The second-order valence-electron chi connectivity index (χ2n) is 6.35. The molecule has 0 aliphatic heterocycles. The fourth-order valence-electron chi connectivity index (χ4n) is 3.11. The Balaban J connectivity index is 1.91. The number of nitrogens with two attached hydrogens (primary N) is 1. The van der Waals surface area contributed by atoms with Gasteiger partial charge in [0.15, 0.2) is 5.96 Å². The number of rotatable bonds is 7. The zero-order valence-corrected chi connectivity index (χ0v) is 14.2. The van der Waals surface area contributed by atoms with Crippen LogP contribution in [0.4, 0.5) is 18.9 Å². The lowest BCUT2D eigenvalue weighted by atomic mass is 9.83. The molecule has 0 unspecified atom stereocenters. The van der Waals surface area contributed by atoms with Crippen molar-refractivity contribution in [1.29, 1.82) is 0 Å². The lowest BCUT2D eigenvalue weighted by molar-refractivity contribution is -0.274. The smallest absolute Gasteiger partial charge is 0.406 e. The molecular weight excluding hydrogens is 335 g/mol. The van der Waals surface area contributed by atoms with Crippen LogP contribution in [-0.4, -0.2) is 32.6 Å². The predicted molar refractivity (Wildman–Crippen MR) is 90.6 cm³/mol. The fraction of sp³-hybridized carbons (Fsp3) is 0.588. The highest BCUT2D eigenvalue weighted by Gasteiger charge is 2.33. The van der Waals surface area contributed by atoms with Crippen molar-refractivity contribution in [2.45, 2.75) is 38.5 Å². The van der Waals surface area contributed by atoms with E-state index in [9.17, 15) is 13.2 Å². The van der Waals surface area contributed by atoms with Crippen molar-refractivity contribution < 1.29 is 22.6 Å². The topological polar surface area (TPSA) is 68.9 Å². The summed E-state index contributed by atoms with van der Waals surface area (Å²) in [6.45, 7) is 1.31. The molecule has 1 aromatic rings. The van der Waals surface area contributed by atoms with Crippen molar-refractivity contribution in [1.82, 2.24) is 0 Å². The van der Waals surface area contributed by atoms with Crippen molar-refractivity contribution >= 4 is 11.6 Å². The summed E-state index contributed by atoms with van der Waals surface area (Å²) < 4.78 is 45.4. The van der Waals surface area contributed by atoms with Crippen LogP contribution in [-0.2, 0) is 4.74 Å². The molecule has 0 spiro atoms. The Morgan fingerprint density at radius 3 is 2.44 bits per heavy atom. The number of ether oxygens (including phenoxy) is 2. The number of nitrogens with one attached hydrogen (secondary N) is 1. The normalized spacial score (nSPS) is 17.5. The van der Waals surface area contributed by atoms with Gasteiger partial charge in [0, 0.05) is 25.9 Å². The van der Waals surface area contributed by atoms with Gasteiger partial charge in [-0.1, -0.05) is 12.8 Å². The van der Waals surface area contributed by atoms with Gasteiger partial charge in [0.2, 0.25) is 0 Å². The zero-order valence-electron chi connectivity index (χ0n) is 14.2. The second-order valence-corrected chi connectivity index (χ2v) is 6.35. The summed E-state index contributed by atoms with van der Waals surface area (Å²) >= 11 is 0. The molecule has 1 aliphatic carbocycles. The lowest BCUT2D eigenvalue weighted by Crippen LogP contribution is -2.28. The van der Waals surface area contributed by atoms with Crippen molar-refractivity contribution in [3.63, 3.8) is 0 Å². The molecule has 0 amide bonds. The maximum atomic E-state index is 12.1. The van der Waals surface area contributed by atoms with E-state index in [0.717, 1.165) is 19.3 Å². The van der Waals surface area contributed by atoms with Crippen molar-refractivity contribution in [2.24, 2.45) is 16.1 Å². The Kier molecular flexibility index (Phi) is 6.52. The first kappa shape index (κ1) is 19.4. The van der Waals surface area contributed by atoms with Crippen LogP contribution in [0.2, 0.25) is 0 Å². The Bertz CT molecular complexity index is 567. The summed E-state index contributed by atoms with van der Waals surface area (Å²) in [7, 11) is 1.69. The highest BCUT2D eigenvalue weighted by molar-refractivity contribution is 5.92. The molecule has 0 bridgehead atoms. The number of methoxy groups -OCH3 is 1. The van der Waals surface area contributed by atoms with Gasteiger partial charge < -0.3 is 20.5 Å². The van der Waals surface area contributed by atoms with E-state index in [1.165, 1.54) is 37.1 Å². The Hall–Kier alpha value is -1.96. The summed E-state index contributed by atoms with van der Waals surface area (Å²) in [5, 5.41) is 2.89. The number of hydrogen-bond acceptors (Lipinski definition) is 3. The fourth-order valence-corrected chi connectivity index (χ4v) is 3.11. The molecule has 0 heterocycles. The maximum Gasteiger partial charge on any atom is 0.573 e. The van der Waals surface area contributed by atoms with Crippen LogP contribution in [0.25, 0.3) is 0 Å². The summed E-state index contributed by atoms with van der Waals surface area (Å²) in [4.78, 5) is 4.42. The van der Waals surface area contributed by atoms with E-state index < -0.39 is 6.36 Å². The van der Waals surface area contributed by atoms with Crippen LogP contribution < -0.4 is 15.8 Å². The average Bonchev–Trinajstić information content (AvgIpc) is 3.01. The molecule has 1 aromatic carbocycles. The van der Waals surface area contributed by atoms with Gasteiger partial charge >= 0.3 is 6.36 Å². The van der Waals surface area contributed by atoms with E-state index in [1.54, 1.807) is 7.11 Å². The van der Waals surface area contributed by atoms with Gasteiger partial charge in [-0.2, -0.15) is 0 Å². The van der Waals surface area contributed by atoms with Crippen LogP contribution in [0, 0.1) is 5.41 Å². The van der Waals surface area contributed by atoms with Crippen molar-refractivity contribution in [3.8, 4) is 5.75 Å². The highest BCUT2D eigenvalue weighted by atomic mass is 19.4. The first-order valence-corrected chi connectivity index (χ1v) is 8.24. The Morgan fingerprint density at radius 2 is 1.88 bits per heavy atom. The van der Waals surface area contributed by atoms with Crippen LogP contribution in [0.15, 0.2) is 29.3 Å².